The summed E-state index contributed by atoms with van der Waals surface area (Å²) >= 11 is 0. The van der Waals surface area contributed by atoms with Gasteiger partial charge in [-0.3, -0.25) is 9.59 Å². The van der Waals surface area contributed by atoms with Crippen molar-refractivity contribution < 1.29 is 41.4 Å². The van der Waals surface area contributed by atoms with Crippen molar-refractivity contribution in [2.75, 3.05) is 18.5 Å². The summed E-state index contributed by atoms with van der Waals surface area (Å²) < 4.78 is 64.1. The third-order valence-corrected chi connectivity index (χ3v) is 4.78. The number of ether oxygens (including phenoxy) is 3. The van der Waals surface area contributed by atoms with E-state index in [1.165, 1.54) is 18.2 Å². The van der Waals surface area contributed by atoms with Crippen LogP contribution >= 0.6 is 0 Å². The summed E-state index contributed by atoms with van der Waals surface area (Å²) in [6, 6.07) is 9.52. The fourth-order valence-corrected chi connectivity index (χ4v) is 3.26. The van der Waals surface area contributed by atoms with Crippen LogP contribution in [-0.2, 0) is 9.53 Å². The Morgan fingerprint density at radius 1 is 1.09 bits per heavy atom. The average molecular weight is 482 g/mol. The smallest absolute Gasteiger partial charge is 0.387 e. The molecular formula is C23H22F4N2O5. The molecule has 0 aliphatic carbocycles. The SMILES string of the molecule is O=C(/C=C/c1ccc(OC(F)F)cc1OC(F)F)Nc1ccccc1C(=O)NC[C@H]1CCCO1. The van der Waals surface area contributed by atoms with Crippen molar-refractivity contribution in [3.8, 4) is 11.5 Å². The number of amides is 2. The number of anilines is 1. The van der Waals surface area contributed by atoms with E-state index in [1.807, 2.05) is 0 Å². The summed E-state index contributed by atoms with van der Waals surface area (Å²) in [5.41, 5.74) is 0.504. The molecule has 1 saturated heterocycles. The van der Waals surface area contributed by atoms with Gasteiger partial charge in [0.1, 0.15) is 11.5 Å². The Balaban J connectivity index is 1.68. The van der Waals surface area contributed by atoms with Crippen molar-refractivity contribution in [1.82, 2.24) is 5.32 Å². The van der Waals surface area contributed by atoms with Crippen molar-refractivity contribution in [2.24, 2.45) is 0 Å². The van der Waals surface area contributed by atoms with Gasteiger partial charge in [-0.15, -0.1) is 0 Å². The third-order valence-electron chi connectivity index (χ3n) is 4.78. The molecule has 1 atom stereocenters. The second-order valence-electron chi connectivity index (χ2n) is 7.17. The number of benzene rings is 2. The molecule has 1 aliphatic heterocycles. The highest BCUT2D eigenvalue weighted by atomic mass is 19.3. The molecule has 0 bridgehead atoms. The predicted molar refractivity (Wildman–Crippen MR) is 115 cm³/mol. The fraction of sp³-hybridized carbons (Fsp3) is 0.304. The van der Waals surface area contributed by atoms with Crippen LogP contribution in [-0.4, -0.2) is 44.3 Å². The van der Waals surface area contributed by atoms with Gasteiger partial charge in [-0.25, -0.2) is 0 Å². The molecule has 2 aromatic carbocycles. The summed E-state index contributed by atoms with van der Waals surface area (Å²) in [7, 11) is 0. The van der Waals surface area contributed by atoms with Crippen LogP contribution in [0.25, 0.3) is 6.08 Å². The second-order valence-corrected chi connectivity index (χ2v) is 7.17. The number of hydrogen-bond acceptors (Lipinski definition) is 5. The molecule has 182 valence electrons. The van der Waals surface area contributed by atoms with Gasteiger partial charge in [0.2, 0.25) is 5.91 Å². The molecule has 1 fully saturated rings. The largest absolute Gasteiger partial charge is 0.435 e. The number of alkyl halides is 4. The van der Waals surface area contributed by atoms with Gasteiger partial charge in [0.15, 0.2) is 0 Å². The summed E-state index contributed by atoms with van der Waals surface area (Å²) in [6.07, 6.45) is 3.94. The van der Waals surface area contributed by atoms with Crippen molar-refractivity contribution in [1.29, 1.82) is 0 Å². The Hall–Kier alpha value is -3.60. The minimum absolute atomic E-state index is 0.0275. The minimum atomic E-state index is -3.22. The zero-order valence-corrected chi connectivity index (χ0v) is 17.8. The van der Waals surface area contributed by atoms with Crippen LogP contribution in [0.5, 0.6) is 11.5 Å². The normalized spacial score (nSPS) is 15.6. The number of rotatable bonds is 10. The van der Waals surface area contributed by atoms with Crippen LogP contribution in [0.4, 0.5) is 23.2 Å². The van der Waals surface area contributed by atoms with Gasteiger partial charge in [-0.1, -0.05) is 12.1 Å². The molecule has 0 radical (unpaired) electrons. The van der Waals surface area contributed by atoms with E-state index in [0.29, 0.717) is 13.2 Å². The highest BCUT2D eigenvalue weighted by Crippen LogP contribution is 2.28. The second kappa shape index (κ2) is 12.0. The Kier molecular flexibility index (Phi) is 8.86. The van der Waals surface area contributed by atoms with Crippen LogP contribution < -0.4 is 20.1 Å². The number of carbonyl (C=O) groups is 2. The molecule has 7 nitrogen and oxygen atoms in total. The van der Waals surface area contributed by atoms with Gasteiger partial charge in [0.05, 0.1) is 17.4 Å². The number of halogens is 4. The van der Waals surface area contributed by atoms with Gasteiger partial charge in [0.25, 0.3) is 5.91 Å². The van der Waals surface area contributed by atoms with Gasteiger partial charge in [-0.2, -0.15) is 17.6 Å². The molecule has 0 saturated carbocycles. The maximum Gasteiger partial charge on any atom is 0.387 e. The first-order valence-electron chi connectivity index (χ1n) is 10.3. The first-order chi connectivity index (χ1) is 16.3. The van der Waals surface area contributed by atoms with E-state index in [0.717, 1.165) is 31.1 Å². The Bertz CT molecular complexity index is 1030. The molecular weight excluding hydrogens is 460 g/mol. The van der Waals surface area contributed by atoms with E-state index >= 15 is 0 Å². The van der Waals surface area contributed by atoms with Crippen LogP contribution in [0.3, 0.4) is 0 Å². The van der Waals surface area contributed by atoms with Crippen molar-refractivity contribution in [2.45, 2.75) is 32.2 Å². The number of carbonyl (C=O) groups excluding carboxylic acids is 2. The predicted octanol–water partition coefficient (Wildman–Crippen LogP) is 4.45. The molecule has 11 heteroatoms. The molecule has 1 heterocycles. The van der Waals surface area contributed by atoms with Gasteiger partial charge in [-0.05, 0) is 43.2 Å². The summed E-state index contributed by atoms with van der Waals surface area (Å²) in [5.74, 6) is -1.88. The van der Waals surface area contributed by atoms with Crippen LogP contribution in [0.15, 0.2) is 48.5 Å². The highest BCUT2D eigenvalue weighted by molar-refractivity contribution is 6.07. The maximum absolute atomic E-state index is 12.7. The van der Waals surface area contributed by atoms with E-state index in [2.05, 4.69) is 20.1 Å². The Morgan fingerprint density at radius 3 is 2.56 bits per heavy atom. The highest BCUT2D eigenvalue weighted by Gasteiger charge is 2.18. The van der Waals surface area contributed by atoms with E-state index in [-0.39, 0.29) is 28.7 Å². The van der Waals surface area contributed by atoms with Crippen LogP contribution in [0.2, 0.25) is 0 Å². The third kappa shape index (κ3) is 7.48. The molecule has 2 aromatic rings. The van der Waals surface area contributed by atoms with E-state index < -0.39 is 30.8 Å². The zero-order chi connectivity index (χ0) is 24.5. The number of hydrogen-bond donors (Lipinski definition) is 2. The molecule has 3 rings (SSSR count). The zero-order valence-electron chi connectivity index (χ0n) is 17.8. The maximum atomic E-state index is 12.7. The Labute approximate surface area is 192 Å². The van der Waals surface area contributed by atoms with Crippen molar-refractivity contribution in [3.63, 3.8) is 0 Å². The summed E-state index contributed by atoms with van der Waals surface area (Å²) in [5, 5.41) is 5.33. The fourth-order valence-electron chi connectivity index (χ4n) is 3.26. The lowest BCUT2D eigenvalue weighted by Gasteiger charge is -2.13. The molecule has 34 heavy (non-hydrogen) atoms. The lowest BCUT2D eigenvalue weighted by atomic mass is 10.1. The van der Waals surface area contributed by atoms with Crippen molar-refractivity contribution in [3.05, 3.63) is 59.7 Å². The first-order valence-corrected chi connectivity index (χ1v) is 10.3. The quantitative estimate of drug-likeness (QED) is 0.386. The summed E-state index contributed by atoms with van der Waals surface area (Å²) in [6.45, 7) is -5.36. The molecule has 2 N–H and O–H groups in total. The average Bonchev–Trinajstić information content (AvgIpc) is 3.30. The van der Waals surface area contributed by atoms with Gasteiger partial charge in [0, 0.05) is 30.9 Å². The molecule has 1 aliphatic rings. The van der Waals surface area contributed by atoms with E-state index in [9.17, 15) is 27.2 Å². The number of nitrogens with one attached hydrogen (secondary N) is 2. The van der Waals surface area contributed by atoms with Crippen molar-refractivity contribution >= 4 is 23.6 Å². The van der Waals surface area contributed by atoms with Gasteiger partial charge >= 0.3 is 13.2 Å². The Morgan fingerprint density at radius 2 is 1.85 bits per heavy atom. The lowest BCUT2D eigenvalue weighted by molar-refractivity contribution is -0.111. The van der Waals surface area contributed by atoms with E-state index in [1.54, 1.807) is 18.2 Å². The minimum Gasteiger partial charge on any atom is -0.435 e. The monoisotopic (exact) mass is 482 g/mol. The topological polar surface area (TPSA) is 85.9 Å². The van der Waals surface area contributed by atoms with Crippen LogP contribution in [0, 0.1) is 0 Å². The molecule has 2 amide bonds. The molecule has 0 spiro atoms. The number of para-hydroxylation sites is 1. The summed E-state index contributed by atoms with van der Waals surface area (Å²) in [4.78, 5) is 25.0. The molecule has 0 aromatic heterocycles. The first kappa shape index (κ1) is 25.0. The van der Waals surface area contributed by atoms with E-state index in [4.69, 9.17) is 4.74 Å². The van der Waals surface area contributed by atoms with Crippen LogP contribution in [0.1, 0.15) is 28.8 Å². The lowest BCUT2D eigenvalue weighted by Crippen LogP contribution is -2.32. The van der Waals surface area contributed by atoms with Gasteiger partial charge < -0.3 is 24.8 Å². The molecule has 0 unspecified atom stereocenters. The standard InChI is InChI=1S/C23H22F4N2O5/c24-22(25)33-15-9-7-14(19(12-15)34-23(26)27)8-10-20(30)29-18-6-2-1-5-17(18)21(31)28-13-16-4-3-11-32-16/h1-2,5-10,12,16,22-23H,3-4,11,13H2,(H,28,31)(H,29,30)/b10-8+/t16-/m1/s1.